The van der Waals surface area contributed by atoms with Gasteiger partial charge in [0.15, 0.2) is 0 Å². The van der Waals surface area contributed by atoms with Gasteiger partial charge in [-0.2, -0.15) is 5.26 Å². The van der Waals surface area contributed by atoms with E-state index in [0.29, 0.717) is 13.0 Å². The maximum absolute atomic E-state index is 11.9. The van der Waals surface area contributed by atoms with E-state index in [9.17, 15) is 4.79 Å². The number of nitrogens with zero attached hydrogens (tertiary/aromatic N) is 2. The van der Waals surface area contributed by atoms with Crippen LogP contribution >= 0.6 is 15.9 Å². The molecule has 0 saturated carbocycles. The molecule has 0 aliphatic heterocycles. The summed E-state index contributed by atoms with van der Waals surface area (Å²) in [7, 11) is 1.73. The first-order chi connectivity index (χ1) is 8.02. The minimum absolute atomic E-state index is 0.0365. The molecule has 0 heterocycles. The molecule has 0 radical (unpaired) electrons. The highest BCUT2D eigenvalue weighted by atomic mass is 79.9. The zero-order valence-corrected chi connectivity index (χ0v) is 11.6. The first-order valence-electron chi connectivity index (χ1n) is 5.41. The Balaban J connectivity index is 2.54. The fraction of sp³-hybridized carbons (Fsp3) is 0.385. The number of benzene rings is 1. The van der Waals surface area contributed by atoms with Crippen molar-refractivity contribution in [1.82, 2.24) is 4.90 Å². The maximum Gasteiger partial charge on any atom is 0.226 e. The summed E-state index contributed by atoms with van der Waals surface area (Å²) < 4.78 is 1.00. The van der Waals surface area contributed by atoms with Crippen LogP contribution in [0.4, 0.5) is 0 Å². The number of hydrogen-bond acceptors (Lipinski definition) is 2. The van der Waals surface area contributed by atoms with Gasteiger partial charge in [0.25, 0.3) is 0 Å². The quantitative estimate of drug-likeness (QED) is 0.857. The molecule has 0 bridgehead atoms. The highest BCUT2D eigenvalue weighted by Gasteiger charge is 2.12. The standard InChI is InChI=1S/C13H15BrN2O/c1-10(8-15)9-16(2)13(17)7-11-3-5-12(14)6-4-11/h3-6,10H,7,9H2,1-2H3. The molecule has 4 heteroatoms. The lowest BCUT2D eigenvalue weighted by Crippen LogP contribution is -2.31. The van der Waals surface area contributed by atoms with E-state index in [1.807, 2.05) is 31.2 Å². The molecule has 0 aromatic heterocycles. The van der Waals surface area contributed by atoms with Gasteiger partial charge in [0, 0.05) is 18.1 Å². The van der Waals surface area contributed by atoms with Crippen molar-refractivity contribution >= 4 is 21.8 Å². The highest BCUT2D eigenvalue weighted by molar-refractivity contribution is 9.10. The zero-order chi connectivity index (χ0) is 12.8. The molecule has 1 unspecified atom stereocenters. The molecule has 0 aliphatic rings. The van der Waals surface area contributed by atoms with Gasteiger partial charge < -0.3 is 4.90 Å². The summed E-state index contributed by atoms with van der Waals surface area (Å²) in [6.45, 7) is 2.29. The van der Waals surface area contributed by atoms with E-state index in [4.69, 9.17) is 5.26 Å². The zero-order valence-electron chi connectivity index (χ0n) is 9.98. The third-order valence-electron chi connectivity index (χ3n) is 2.46. The Kier molecular flexibility index (Phi) is 5.17. The van der Waals surface area contributed by atoms with Gasteiger partial charge in [0.05, 0.1) is 18.4 Å². The lowest BCUT2D eigenvalue weighted by Gasteiger charge is -2.18. The van der Waals surface area contributed by atoms with E-state index in [1.165, 1.54) is 0 Å². The van der Waals surface area contributed by atoms with Crippen LogP contribution in [0.25, 0.3) is 0 Å². The predicted molar refractivity (Wildman–Crippen MR) is 70.3 cm³/mol. The van der Waals surface area contributed by atoms with Gasteiger partial charge in [-0.15, -0.1) is 0 Å². The average molecular weight is 295 g/mol. The average Bonchev–Trinajstić information content (AvgIpc) is 2.31. The van der Waals surface area contributed by atoms with Crippen molar-refractivity contribution in [1.29, 1.82) is 5.26 Å². The molecule has 90 valence electrons. The van der Waals surface area contributed by atoms with Crippen LogP contribution in [0.2, 0.25) is 0 Å². The summed E-state index contributed by atoms with van der Waals surface area (Å²) in [6.07, 6.45) is 0.377. The lowest BCUT2D eigenvalue weighted by molar-refractivity contribution is -0.129. The number of halogens is 1. The van der Waals surface area contributed by atoms with Gasteiger partial charge in [-0.05, 0) is 24.6 Å². The molecule has 0 saturated heterocycles. The summed E-state index contributed by atoms with van der Waals surface area (Å²) in [5, 5.41) is 8.69. The first-order valence-corrected chi connectivity index (χ1v) is 6.20. The number of nitriles is 1. The van der Waals surface area contributed by atoms with Gasteiger partial charge in [-0.3, -0.25) is 4.79 Å². The van der Waals surface area contributed by atoms with Crippen LogP contribution in [0.15, 0.2) is 28.7 Å². The van der Waals surface area contributed by atoms with E-state index in [-0.39, 0.29) is 11.8 Å². The molecule has 0 aliphatic carbocycles. The Bertz CT molecular complexity index is 422. The number of carbonyl (C=O) groups excluding carboxylic acids is 1. The van der Waals surface area contributed by atoms with Crippen molar-refractivity contribution in [3.63, 3.8) is 0 Å². The van der Waals surface area contributed by atoms with Crippen molar-refractivity contribution in [3.05, 3.63) is 34.3 Å². The van der Waals surface area contributed by atoms with Crippen molar-refractivity contribution in [2.45, 2.75) is 13.3 Å². The summed E-state index contributed by atoms with van der Waals surface area (Å²) in [4.78, 5) is 13.5. The van der Waals surface area contributed by atoms with Crippen molar-refractivity contribution in [2.24, 2.45) is 5.92 Å². The summed E-state index contributed by atoms with van der Waals surface area (Å²) >= 11 is 3.35. The summed E-state index contributed by atoms with van der Waals surface area (Å²) in [5.41, 5.74) is 0.981. The second-order valence-electron chi connectivity index (χ2n) is 4.11. The van der Waals surface area contributed by atoms with E-state index in [0.717, 1.165) is 10.0 Å². The van der Waals surface area contributed by atoms with Crippen LogP contribution in [-0.2, 0) is 11.2 Å². The largest absolute Gasteiger partial charge is 0.344 e. The number of rotatable bonds is 4. The fourth-order valence-corrected chi connectivity index (χ4v) is 1.73. The number of hydrogen-bond donors (Lipinski definition) is 0. The molecule has 0 N–H and O–H groups in total. The Morgan fingerprint density at radius 3 is 2.59 bits per heavy atom. The lowest BCUT2D eigenvalue weighted by atomic mass is 10.1. The Morgan fingerprint density at radius 2 is 2.06 bits per heavy atom. The Labute approximate surface area is 110 Å². The minimum atomic E-state index is -0.131. The Morgan fingerprint density at radius 1 is 1.47 bits per heavy atom. The molecule has 3 nitrogen and oxygen atoms in total. The summed E-state index contributed by atoms with van der Waals surface area (Å²) in [6, 6.07) is 9.80. The monoisotopic (exact) mass is 294 g/mol. The molecule has 0 spiro atoms. The third-order valence-corrected chi connectivity index (χ3v) is 2.99. The molecular weight excluding hydrogens is 280 g/mol. The highest BCUT2D eigenvalue weighted by Crippen LogP contribution is 2.11. The van der Waals surface area contributed by atoms with Crippen LogP contribution in [0, 0.1) is 17.2 Å². The smallest absolute Gasteiger partial charge is 0.226 e. The molecule has 17 heavy (non-hydrogen) atoms. The van der Waals surface area contributed by atoms with Crippen LogP contribution in [0.1, 0.15) is 12.5 Å². The van der Waals surface area contributed by atoms with E-state index in [2.05, 4.69) is 22.0 Å². The second kappa shape index (κ2) is 6.41. The number of carbonyl (C=O) groups is 1. The van der Waals surface area contributed by atoms with E-state index in [1.54, 1.807) is 11.9 Å². The topological polar surface area (TPSA) is 44.1 Å². The number of amides is 1. The third kappa shape index (κ3) is 4.58. The van der Waals surface area contributed by atoms with Crippen molar-refractivity contribution < 1.29 is 4.79 Å². The fourth-order valence-electron chi connectivity index (χ4n) is 1.47. The normalized spacial score (nSPS) is 11.6. The summed E-state index contributed by atoms with van der Waals surface area (Å²) in [5.74, 6) is -0.0942. The number of likely N-dealkylation sites (N-methyl/N-ethyl adjacent to an activating group) is 1. The molecular formula is C13H15BrN2O. The van der Waals surface area contributed by atoms with Crippen molar-refractivity contribution in [2.75, 3.05) is 13.6 Å². The maximum atomic E-state index is 11.9. The van der Waals surface area contributed by atoms with Crippen LogP contribution in [0.5, 0.6) is 0 Å². The van der Waals surface area contributed by atoms with Crippen LogP contribution in [0.3, 0.4) is 0 Å². The van der Waals surface area contributed by atoms with Gasteiger partial charge in [0.1, 0.15) is 0 Å². The molecule has 0 fully saturated rings. The SMILES string of the molecule is CC(C#N)CN(C)C(=O)Cc1ccc(Br)cc1. The van der Waals surface area contributed by atoms with Gasteiger partial charge in [-0.1, -0.05) is 28.1 Å². The first kappa shape index (κ1) is 13.7. The van der Waals surface area contributed by atoms with Gasteiger partial charge in [0.2, 0.25) is 5.91 Å². The van der Waals surface area contributed by atoms with Crippen LogP contribution < -0.4 is 0 Å². The minimum Gasteiger partial charge on any atom is -0.344 e. The van der Waals surface area contributed by atoms with Crippen molar-refractivity contribution in [3.8, 4) is 6.07 Å². The van der Waals surface area contributed by atoms with Crippen LogP contribution in [-0.4, -0.2) is 24.4 Å². The van der Waals surface area contributed by atoms with E-state index < -0.39 is 0 Å². The van der Waals surface area contributed by atoms with Gasteiger partial charge >= 0.3 is 0 Å². The molecule has 1 aromatic rings. The predicted octanol–water partition coefficient (Wildman–Crippen LogP) is 2.61. The molecule has 1 aromatic carbocycles. The molecule has 1 rings (SSSR count). The van der Waals surface area contributed by atoms with Gasteiger partial charge in [-0.25, -0.2) is 0 Å². The van der Waals surface area contributed by atoms with E-state index >= 15 is 0 Å². The molecule has 1 atom stereocenters. The molecule has 1 amide bonds. The second-order valence-corrected chi connectivity index (χ2v) is 5.02. The Hall–Kier alpha value is -1.34.